The fourth-order valence-corrected chi connectivity index (χ4v) is 3.43. The summed E-state index contributed by atoms with van der Waals surface area (Å²) >= 11 is 0. The van der Waals surface area contributed by atoms with Crippen LogP contribution in [0.25, 0.3) is 22.3 Å². The van der Waals surface area contributed by atoms with Gasteiger partial charge in [-0.2, -0.15) is 4.98 Å². The van der Waals surface area contributed by atoms with Crippen molar-refractivity contribution in [2.75, 3.05) is 24.7 Å². The van der Waals surface area contributed by atoms with E-state index in [2.05, 4.69) is 47.1 Å². The molecule has 170 valence electrons. The summed E-state index contributed by atoms with van der Waals surface area (Å²) in [5, 5.41) is 31.6. The first kappa shape index (κ1) is 21.8. The van der Waals surface area contributed by atoms with Crippen LogP contribution in [0.15, 0.2) is 19.0 Å². The molecule has 14 nitrogen and oxygen atoms in total. The van der Waals surface area contributed by atoms with Gasteiger partial charge in [0, 0.05) is 7.05 Å². The Morgan fingerprint density at radius 2 is 2.00 bits per heavy atom. The van der Waals surface area contributed by atoms with E-state index in [0.717, 1.165) is 23.3 Å². The minimum Gasteiger partial charge on any atom is -0.394 e. The SMILES string of the molecule is CCc1nc(NC)nc2nc[nH]c12.Nc1ncnc2c1ncn2[C@@H]1O[C@H](CO)[C@@H](O)[C@@H]1O. The van der Waals surface area contributed by atoms with Crippen molar-refractivity contribution >= 4 is 34.1 Å². The number of hydrogen-bond donors (Lipinski definition) is 6. The van der Waals surface area contributed by atoms with Crippen molar-refractivity contribution in [1.82, 2.24) is 39.5 Å². The number of ether oxygens (including phenoxy) is 1. The number of aromatic nitrogens is 8. The number of H-pyrrole nitrogens is 1. The van der Waals surface area contributed by atoms with Gasteiger partial charge in [-0.15, -0.1) is 0 Å². The molecule has 1 fully saturated rings. The number of hydrogen-bond acceptors (Lipinski definition) is 12. The lowest BCUT2D eigenvalue weighted by Crippen LogP contribution is -2.33. The number of nitrogens with zero attached hydrogens (tertiary/aromatic N) is 7. The normalized spacial score (nSPS) is 22.8. The van der Waals surface area contributed by atoms with Crippen molar-refractivity contribution in [3.8, 4) is 0 Å². The Kier molecular flexibility index (Phi) is 6.09. The standard InChI is InChI=1S/C10H13N5O4.C8H11N5/c11-8-5-9(13-2-12-8)15(3-14-5)10-7(18)6(17)4(1-16)19-10;1-3-5-6-7(11-4-10-6)13-8(9-2)12-5/h2-4,6-7,10,16-18H,1H2,(H2,11,12,13);4H,3H2,1-2H3,(H2,9,10,11,12,13)/t4-,6-,7+,10-;/m1./s1. The van der Waals surface area contributed by atoms with Crippen molar-refractivity contribution < 1.29 is 20.1 Å². The monoisotopic (exact) mass is 444 g/mol. The van der Waals surface area contributed by atoms with E-state index in [0.29, 0.717) is 17.1 Å². The minimum absolute atomic E-state index is 0.218. The Morgan fingerprint density at radius 1 is 1.19 bits per heavy atom. The molecule has 0 amide bonds. The number of anilines is 2. The Balaban J connectivity index is 0.000000165. The van der Waals surface area contributed by atoms with Gasteiger partial charge in [0.2, 0.25) is 5.95 Å². The maximum Gasteiger partial charge on any atom is 0.224 e. The maximum atomic E-state index is 9.95. The van der Waals surface area contributed by atoms with Crippen LogP contribution >= 0.6 is 0 Å². The summed E-state index contributed by atoms with van der Waals surface area (Å²) in [5.74, 6) is 0.840. The van der Waals surface area contributed by atoms with Gasteiger partial charge >= 0.3 is 0 Å². The van der Waals surface area contributed by atoms with E-state index in [1.165, 1.54) is 17.2 Å². The number of aliphatic hydroxyl groups is 3. The second-order valence-corrected chi connectivity index (χ2v) is 7.01. The molecule has 0 aliphatic carbocycles. The summed E-state index contributed by atoms with van der Waals surface area (Å²) in [6.45, 7) is 1.67. The Bertz CT molecular complexity index is 1210. The van der Waals surface area contributed by atoms with Crippen LogP contribution in [0, 0.1) is 0 Å². The lowest BCUT2D eigenvalue weighted by Gasteiger charge is -2.16. The van der Waals surface area contributed by atoms with Crippen molar-refractivity contribution in [2.45, 2.75) is 37.9 Å². The molecule has 1 saturated heterocycles. The molecule has 5 heterocycles. The van der Waals surface area contributed by atoms with E-state index in [4.69, 9.17) is 15.6 Å². The zero-order chi connectivity index (χ0) is 22.8. The van der Waals surface area contributed by atoms with Crippen LogP contribution < -0.4 is 11.1 Å². The van der Waals surface area contributed by atoms with Crippen molar-refractivity contribution in [3.63, 3.8) is 0 Å². The zero-order valence-electron chi connectivity index (χ0n) is 17.4. The van der Waals surface area contributed by atoms with Crippen molar-refractivity contribution in [1.29, 1.82) is 0 Å². The van der Waals surface area contributed by atoms with Crippen molar-refractivity contribution in [2.24, 2.45) is 0 Å². The number of fused-ring (bicyclic) bond motifs is 2. The molecule has 0 unspecified atom stereocenters. The fraction of sp³-hybridized carbons (Fsp3) is 0.444. The van der Waals surface area contributed by atoms with E-state index in [1.807, 2.05) is 0 Å². The molecule has 0 radical (unpaired) electrons. The Hall–Kier alpha value is -3.46. The summed E-state index contributed by atoms with van der Waals surface area (Å²) in [5.41, 5.74) is 9.09. The average Bonchev–Trinajstić information content (AvgIpc) is 3.52. The van der Waals surface area contributed by atoms with E-state index in [1.54, 1.807) is 13.4 Å². The third-order valence-corrected chi connectivity index (χ3v) is 5.10. The predicted molar refractivity (Wildman–Crippen MR) is 113 cm³/mol. The highest BCUT2D eigenvalue weighted by Gasteiger charge is 2.43. The van der Waals surface area contributed by atoms with Gasteiger partial charge < -0.3 is 36.1 Å². The van der Waals surface area contributed by atoms with Crippen LogP contribution in [0.3, 0.4) is 0 Å². The van der Waals surface area contributed by atoms with E-state index in [-0.39, 0.29) is 5.82 Å². The van der Waals surface area contributed by atoms with E-state index >= 15 is 0 Å². The number of imidazole rings is 2. The Morgan fingerprint density at radius 3 is 2.69 bits per heavy atom. The molecule has 14 heteroatoms. The third-order valence-electron chi connectivity index (χ3n) is 5.10. The summed E-state index contributed by atoms with van der Waals surface area (Å²) in [6, 6.07) is 0. The van der Waals surface area contributed by atoms with Gasteiger partial charge in [0.1, 0.15) is 35.7 Å². The first-order chi connectivity index (χ1) is 15.5. The minimum atomic E-state index is -1.19. The molecule has 0 saturated carbocycles. The predicted octanol–water partition coefficient (Wildman–Crippen LogP) is -1.02. The smallest absolute Gasteiger partial charge is 0.224 e. The molecule has 1 aliphatic heterocycles. The van der Waals surface area contributed by atoms with E-state index in [9.17, 15) is 10.2 Å². The quantitative estimate of drug-likeness (QED) is 0.224. The molecular weight excluding hydrogens is 420 g/mol. The average molecular weight is 444 g/mol. The second kappa shape index (κ2) is 8.96. The molecule has 0 spiro atoms. The molecule has 4 aromatic heterocycles. The molecule has 0 aromatic carbocycles. The van der Waals surface area contributed by atoms with Crippen LogP contribution in [0.2, 0.25) is 0 Å². The summed E-state index contributed by atoms with van der Waals surface area (Å²) in [7, 11) is 1.80. The maximum absolute atomic E-state index is 9.95. The van der Waals surface area contributed by atoms with Gasteiger partial charge in [0.05, 0.1) is 25.0 Å². The van der Waals surface area contributed by atoms with Crippen molar-refractivity contribution in [3.05, 3.63) is 24.7 Å². The number of aliphatic hydroxyl groups excluding tert-OH is 3. The summed E-state index contributed by atoms with van der Waals surface area (Å²) < 4.78 is 6.85. The van der Waals surface area contributed by atoms with Crippen LogP contribution in [0.4, 0.5) is 11.8 Å². The third kappa shape index (κ3) is 3.80. The second-order valence-electron chi connectivity index (χ2n) is 7.01. The Labute approximate surface area is 181 Å². The number of nitrogen functional groups attached to an aromatic ring is 1. The number of aryl methyl sites for hydroxylation is 1. The van der Waals surface area contributed by atoms with Gasteiger partial charge in [-0.3, -0.25) is 4.57 Å². The van der Waals surface area contributed by atoms with Gasteiger partial charge in [-0.25, -0.2) is 24.9 Å². The molecule has 1 aliphatic rings. The van der Waals surface area contributed by atoms with Gasteiger partial charge in [0.25, 0.3) is 0 Å². The molecule has 4 aromatic rings. The highest BCUT2D eigenvalue weighted by Crippen LogP contribution is 2.31. The highest BCUT2D eigenvalue weighted by molar-refractivity contribution is 5.81. The lowest BCUT2D eigenvalue weighted by atomic mass is 10.1. The number of aromatic amines is 1. The molecule has 0 bridgehead atoms. The fourth-order valence-electron chi connectivity index (χ4n) is 3.43. The molecule has 32 heavy (non-hydrogen) atoms. The van der Waals surface area contributed by atoms with Gasteiger partial charge in [0.15, 0.2) is 23.3 Å². The first-order valence-corrected chi connectivity index (χ1v) is 9.91. The largest absolute Gasteiger partial charge is 0.394 e. The lowest BCUT2D eigenvalue weighted by molar-refractivity contribution is -0.0511. The topological polar surface area (TPSA) is 206 Å². The zero-order valence-corrected chi connectivity index (χ0v) is 17.4. The number of nitrogens with one attached hydrogen (secondary N) is 2. The van der Waals surface area contributed by atoms with Crippen LogP contribution in [-0.2, 0) is 11.2 Å². The molecule has 7 N–H and O–H groups in total. The highest BCUT2D eigenvalue weighted by atomic mass is 16.6. The van der Waals surface area contributed by atoms with Crippen LogP contribution in [0.1, 0.15) is 18.8 Å². The number of nitrogens with two attached hydrogens (primary N) is 1. The van der Waals surface area contributed by atoms with Crippen LogP contribution in [0.5, 0.6) is 0 Å². The molecule has 5 rings (SSSR count). The van der Waals surface area contributed by atoms with Gasteiger partial charge in [-0.05, 0) is 6.42 Å². The number of rotatable bonds is 4. The summed E-state index contributed by atoms with van der Waals surface area (Å²) in [6.07, 6.45) is 1.08. The van der Waals surface area contributed by atoms with E-state index < -0.39 is 31.1 Å². The first-order valence-electron chi connectivity index (χ1n) is 9.91. The molecular formula is C18H24N10O4. The van der Waals surface area contributed by atoms with Crippen LogP contribution in [-0.4, -0.2) is 86.7 Å². The summed E-state index contributed by atoms with van der Waals surface area (Å²) in [4.78, 5) is 27.5. The molecule has 4 atom stereocenters. The van der Waals surface area contributed by atoms with Gasteiger partial charge in [-0.1, -0.05) is 6.92 Å².